The van der Waals surface area contributed by atoms with Gasteiger partial charge in [0.15, 0.2) is 0 Å². The summed E-state index contributed by atoms with van der Waals surface area (Å²) >= 11 is 0. The molecule has 0 aliphatic heterocycles. The van der Waals surface area contributed by atoms with E-state index in [0.29, 0.717) is 0 Å². The van der Waals surface area contributed by atoms with Crippen molar-refractivity contribution < 1.29 is 4.42 Å². The molecule has 10 rings (SSSR count). The predicted octanol–water partition coefficient (Wildman–Crippen LogP) is 13.8. The summed E-state index contributed by atoms with van der Waals surface area (Å²) in [7, 11) is 0. The fourth-order valence-electron chi connectivity index (χ4n) is 7.55. The molecule has 0 amide bonds. The number of para-hydroxylation sites is 1. The normalized spacial score (nSPS) is 11.6. The van der Waals surface area contributed by atoms with Gasteiger partial charge in [0, 0.05) is 27.8 Å². The van der Waals surface area contributed by atoms with Gasteiger partial charge in [-0.1, -0.05) is 133 Å². The van der Waals surface area contributed by atoms with E-state index in [9.17, 15) is 0 Å². The molecule has 1 heterocycles. The molecule has 0 aliphatic rings. The highest BCUT2D eigenvalue weighted by molar-refractivity contribution is 6.19. The number of anilines is 3. The molecule has 2 heteroatoms. The Balaban J connectivity index is 1.08. The van der Waals surface area contributed by atoms with Gasteiger partial charge in [-0.3, -0.25) is 0 Å². The molecule has 0 radical (unpaired) electrons. The number of nitrogens with zero attached hydrogens (tertiary/aromatic N) is 1. The first-order chi connectivity index (χ1) is 24.8. The van der Waals surface area contributed by atoms with E-state index < -0.39 is 0 Å². The van der Waals surface area contributed by atoms with Crippen molar-refractivity contribution in [2.24, 2.45) is 0 Å². The maximum Gasteiger partial charge on any atom is 0.136 e. The van der Waals surface area contributed by atoms with E-state index in [4.69, 9.17) is 4.42 Å². The summed E-state index contributed by atoms with van der Waals surface area (Å²) in [5, 5.41) is 9.75. The summed E-state index contributed by atoms with van der Waals surface area (Å²) in [6, 6.07) is 67.6. The van der Waals surface area contributed by atoms with Gasteiger partial charge in [0.05, 0.1) is 0 Å². The molecule has 0 unspecified atom stereocenters. The standard InChI is InChI=1S/C48H31NO/c1-2-8-32(9-3-1)33-18-23-39(24-19-33)49(41-27-28-43-38(30-41)17-15-35-10-4-5-11-42(35)43)40-25-20-34(21-26-40)37-16-14-36-22-29-47-48(45(36)31-37)44-12-6-7-13-46(44)50-47/h1-31H. The minimum absolute atomic E-state index is 0.920. The third-order valence-corrected chi connectivity index (χ3v) is 10.0. The van der Waals surface area contributed by atoms with E-state index in [0.717, 1.165) is 33.6 Å². The number of fused-ring (bicyclic) bond motifs is 8. The molecule has 50 heavy (non-hydrogen) atoms. The minimum atomic E-state index is 0.920. The van der Waals surface area contributed by atoms with Crippen molar-refractivity contribution in [3.8, 4) is 22.3 Å². The Hall–Kier alpha value is -6.64. The molecule has 0 bridgehead atoms. The summed E-state index contributed by atoms with van der Waals surface area (Å²) in [5.41, 5.74) is 9.93. The molecule has 0 atom stereocenters. The zero-order valence-electron chi connectivity index (χ0n) is 27.3. The molecule has 10 aromatic rings. The molecule has 0 spiro atoms. The van der Waals surface area contributed by atoms with Crippen molar-refractivity contribution >= 4 is 71.3 Å². The smallest absolute Gasteiger partial charge is 0.136 e. The summed E-state index contributed by atoms with van der Waals surface area (Å²) in [6.45, 7) is 0. The average Bonchev–Trinajstić information content (AvgIpc) is 3.58. The first kappa shape index (κ1) is 28.4. The minimum Gasteiger partial charge on any atom is -0.456 e. The second kappa shape index (κ2) is 11.5. The quantitative estimate of drug-likeness (QED) is 0.175. The Bertz CT molecular complexity index is 2850. The zero-order valence-corrected chi connectivity index (χ0v) is 27.3. The van der Waals surface area contributed by atoms with Gasteiger partial charge in [0.1, 0.15) is 11.2 Å². The Morgan fingerprint density at radius 1 is 0.300 bits per heavy atom. The lowest BCUT2D eigenvalue weighted by atomic mass is 9.97. The lowest BCUT2D eigenvalue weighted by molar-refractivity contribution is 0.669. The molecule has 0 fully saturated rings. The van der Waals surface area contributed by atoms with Gasteiger partial charge in [0.25, 0.3) is 0 Å². The highest BCUT2D eigenvalue weighted by atomic mass is 16.3. The second-order valence-corrected chi connectivity index (χ2v) is 13.0. The Morgan fingerprint density at radius 2 is 0.840 bits per heavy atom. The van der Waals surface area contributed by atoms with Crippen LogP contribution in [0.5, 0.6) is 0 Å². The maximum absolute atomic E-state index is 6.21. The van der Waals surface area contributed by atoms with Crippen LogP contribution < -0.4 is 4.90 Å². The van der Waals surface area contributed by atoms with Crippen LogP contribution in [0.15, 0.2) is 192 Å². The Kier molecular flexibility index (Phi) is 6.53. The van der Waals surface area contributed by atoms with E-state index >= 15 is 0 Å². The fraction of sp³-hybridized carbons (Fsp3) is 0. The molecule has 9 aromatic carbocycles. The van der Waals surface area contributed by atoms with Crippen molar-refractivity contribution in [3.63, 3.8) is 0 Å². The average molecular weight is 638 g/mol. The number of hydrogen-bond acceptors (Lipinski definition) is 2. The Labute approximate surface area is 290 Å². The van der Waals surface area contributed by atoms with Crippen LogP contribution >= 0.6 is 0 Å². The van der Waals surface area contributed by atoms with Crippen molar-refractivity contribution in [1.29, 1.82) is 0 Å². The third kappa shape index (κ3) is 4.73. The number of hydrogen-bond donors (Lipinski definition) is 0. The summed E-state index contributed by atoms with van der Waals surface area (Å²) < 4.78 is 6.21. The van der Waals surface area contributed by atoms with Crippen LogP contribution in [0.3, 0.4) is 0 Å². The monoisotopic (exact) mass is 637 g/mol. The second-order valence-electron chi connectivity index (χ2n) is 13.0. The SMILES string of the molecule is c1ccc(-c2ccc(N(c3ccc(-c4ccc5ccc6oc7ccccc7c6c5c4)cc3)c3ccc4c(ccc5ccccc54)c3)cc2)cc1. The van der Waals surface area contributed by atoms with Gasteiger partial charge in [0.2, 0.25) is 0 Å². The summed E-state index contributed by atoms with van der Waals surface area (Å²) in [5.74, 6) is 0. The molecular weight excluding hydrogens is 607 g/mol. The lowest BCUT2D eigenvalue weighted by Crippen LogP contribution is -2.09. The van der Waals surface area contributed by atoms with Crippen LogP contribution in [0.1, 0.15) is 0 Å². The first-order valence-corrected chi connectivity index (χ1v) is 17.1. The van der Waals surface area contributed by atoms with Gasteiger partial charge in [-0.05, 0) is 109 Å². The van der Waals surface area contributed by atoms with Crippen LogP contribution in [0.4, 0.5) is 17.1 Å². The maximum atomic E-state index is 6.21. The van der Waals surface area contributed by atoms with Crippen LogP contribution in [-0.2, 0) is 0 Å². The zero-order chi connectivity index (χ0) is 33.0. The van der Waals surface area contributed by atoms with Crippen molar-refractivity contribution in [1.82, 2.24) is 0 Å². The van der Waals surface area contributed by atoms with Gasteiger partial charge < -0.3 is 9.32 Å². The van der Waals surface area contributed by atoms with Crippen LogP contribution in [0, 0.1) is 0 Å². The van der Waals surface area contributed by atoms with Gasteiger partial charge in [-0.25, -0.2) is 0 Å². The van der Waals surface area contributed by atoms with Crippen molar-refractivity contribution in [2.75, 3.05) is 4.90 Å². The van der Waals surface area contributed by atoms with Gasteiger partial charge >= 0.3 is 0 Å². The van der Waals surface area contributed by atoms with Crippen LogP contribution in [-0.4, -0.2) is 0 Å². The highest BCUT2D eigenvalue weighted by Crippen LogP contribution is 2.40. The summed E-state index contributed by atoms with van der Waals surface area (Å²) in [4.78, 5) is 2.36. The first-order valence-electron chi connectivity index (χ1n) is 17.1. The van der Waals surface area contributed by atoms with Crippen LogP contribution in [0.2, 0.25) is 0 Å². The van der Waals surface area contributed by atoms with Crippen molar-refractivity contribution in [3.05, 3.63) is 188 Å². The van der Waals surface area contributed by atoms with E-state index in [-0.39, 0.29) is 0 Å². The molecule has 0 N–H and O–H groups in total. The Morgan fingerprint density at radius 3 is 1.64 bits per heavy atom. The highest BCUT2D eigenvalue weighted by Gasteiger charge is 2.16. The number of rotatable bonds is 5. The van der Waals surface area contributed by atoms with E-state index in [1.807, 2.05) is 12.1 Å². The van der Waals surface area contributed by atoms with E-state index in [1.165, 1.54) is 60.0 Å². The number of furan rings is 1. The van der Waals surface area contributed by atoms with Crippen molar-refractivity contribution in [2.45, 2.75) is 0 Å². The predicted molar refractivity (Wildman–Crippen MR) is 212 cm³/mol. The molecule has 1 aromatic heterocycles. The topological polar surface area (TPSA) is 16.4 Å². The largest absolute Gasteiger partial charge is 0.456 e. The molecule has 2 nitrogen and oxygen atoms in total. The molecule has 0 saturated heterocycles. The van der Waals surface area contributed by atoms with Crippen LogP contribution in [0.25, 0.3) is 76.5 Å². The fourth-order valence-corrected chi connectivity index (χ4v) is 7.55. The third-order valence-electron chi connectivity index (χ3n) is 10.0. The van der Waals surface area contributed by atoms with Gasteiger partial charge in [-0.2, -0.15) is 0 Å². The lowest BCUT2D eigenvalue weighted by Gasteiger charge is -2.26. The van der Waals surface area contributed by atoms with E-state index in [2.05, 4.69) is 181 Å². The van der Waals surface area contributed by atoms with Gasteiger partial charge in [-0.15, -0.1) is 0 Å². The number of benzene rings is 9. The van der Waals surface area contributed by atoms with E-state index in [1.54, 1.807) is 0 Å². The molecule has 0 saturated carbocycles. The molecule has 234 valence electrons. The summed E-state index contributed by atoms with van der Waals surface area (Å²) in [6.07, 6.45) is 0. The molecule has 0 aliphatic carbocycles. The molecular formula is C48H31NO.